The fourth-order valence-electron chi connectivity index (χ4n) is 3.55. The summed E-state index contributed by atoms with van der Waals surface area (Å²) >= 11 is 0. The van der Waals surface area contributed by atoms with Crippen molar-refractivity contribution in [2.45, 2.75) is 19.0 Å². The highest BCUT2D eigenvalue weighted by molar-refractivity contribution is 5.97. The Morgan fingerprint density at radius 1 is 1.08 bits per heavy atom. The Kier molecular flexibility index (Phi) is 3.69. The molecule has 0 spiro atoms. The Hall–Kier alpha value is -2.81. The molecule has 2 aliphatic rings. The lowest BCUT2D eigenvalue weighted by molar-refractivity contribution is 0.104. The van der Waals surface area contributed by atoms with Gasteiger partial charge in [-0.25, -0.2) is 4.79 Å². The standard InChI is InChI=1S/C21H19NO2/c1-2-24-21(23)22-16-10-4-6-13-20(22)19(14-16)18-12-7-9-15-8-3-5-11-17(15)18/h3-14,16,20H,2H2,1H3. The van der Waals surface area contributed by atoms with Crippen molar-refractivity contribution in [1.82, 2.24) is 4.90 Å². The van der Waals surface area contributed by atoms with Crippen LogP contribution in [0.15, 0.2) is 72.8 Å². The number of hydrogen-bond acceptors (Lipinski definition) is 2. The molecule has 3 heteroatoms. The summed E-state index contributed by atoms with van der Waals surface area (Å²) in [4.78, 5) is 14.3. The molecule has 2 bridgehead atoms. The highest BCUT2D eigenvalue weighted by atomic mass is 16.6. The second kappa shape index (κ2) is 6.00. The van der Waals surface area contributed by atoms with E-state index in [0.29, 0.717) is 6.61 Å². The molecule has 0 fully saturated rings. The quantitative estimate of drug-likeness (QED) is 0.812. The molecule has 2 atom stereocenters. The number of benzene rings is 2. The highest BCUT2D eigenvalue weighted by Gasteiger charge is 2.37. The van der Waals surface area contributed by atoms with Crippen molar-refractivity contribution in [3.63, 3.8) is 0 Å². The number of hydrogen-bond donors (Lipinski definition) is 0. The lowest BCUT2D eigenvalue weighted by Gasteiger charge is -2.27. The third-order valence-electron chi connectivity index (χ3n) is 4.58. The van der Waals surface area contributed by atoms with E-state index in [4.69, 9.17) is 4.74 Å². The molecule has 0 saturated heterocycles. The molecule has 0 N–H and O–H groups in total. The molecule has 2 heterocycles. The number of rotatable bonds is 2. The largest absolute Gasteiger partial charge is 0.450 e. The van der Waals surface area contributed by atoms with Crippen molar-refractivity contribution in [2.75, 3.05) is 6.61 Å². The van der Waals surface area contributed by atoms with Crippen molar-refractivity contribution in [2.24, 2.45) is 0 Å². The predicted octanol–water partition coefficient (Wildman–Crippen LogP) is 4.56. The summed E-state index contributed by atoms with van der Waals surface area (Å²) in [7, 11) is 0. The number of allylic oxidation sites excluding steroid dienone is 2. The van der Waals surface area contributed by atoms with Crippen molar-refractivity contribution in [3.8, 4) is 0 Å². The lowest BCUT2D eigenvalue weighted by Crippen LogP contribution is -2.41. The average molecular weight is 317 g/mol. The zero-order chi connectivity index (χ0) is 16.5. The summed E-state index contributed by atoms with van der Waals surface area (Å²) in [6.07, 6.45) is 10.0. The lowest BCUT2D eigenvalue weighted by atomic mass is 9.94. The van der Waals surface area contributed by atoms with E-state index in [-0.39, 0.29) is 18.2 Å². The van der Waals surface area contributed by atoms with Gasteiger partial charge in [-0.05, 0) is 28.8 Å². The maximum atomic E-state index is 12.5. The summed E-state index contributed by atoms with van der Waals surface area (Å²) in [6.45, 7) is 2.22. The normalized spacial score (nSPS) is 21.7. The fourth-order valence-corrected chi connectivity index (χ4v) is 3.55. The van der Waals surface area contributed by atoms with E-state index in [1.165, 1.54) is 16.3 Å². The molecule has 2 aromatic rings. The molecule has 3 nitrogen and oxygen atoms in total. The molecular weight excluding hydrogens is 298 g/mol. The summed E-state index contributed by atoms with van der Waals surface area (Å²) < 4.78 is 5.28. The fraction of sp³-hybridized carbons (Fsp3) is 0.190. The summed E-state index contributed by atoms with van der Waals surface area (Å²) in [5.74, 6) is 0. The Labute approximate surface area is 141 Å². The smallest absolute Gasteiger partial charge is 0.411 e. The first-order chi connectivity index (χ1) is 11.8. The highest BCUT2D eigenvalue weighted by Crippen LogP contribution is 2.37. The summed E-state index contributed by atoms with van der Waals surface area (Å²) in [5, 5.41) is 2.41. The third kappa shape index (κ3) is 2.33. The molecule has 4 rings (SSSR count). The first-order valence-corrected chi connectivity index (χ1v) is 8.29. The van der Waals surface area contributed by atoms with Gasteiger partial charge in [0.15, 0.2) is 0 Å². The van der Waals surface area contributed by atoms with Gasteiger partial charge in [0.05, 0.1) is 18.7 Å². The van der Waals surface area contributed by atoms with E-state index in [1.54, 1.807) is 4.90 Å². The molecule has 120 valence electrons. The van der Waals surface area contributed by atoms with Crippen molar-refractivity contribution < 1.29 is 9.53 Å². The maximum absolute atomic E-state index is 12.5. The number of amides is 1. The summed E-state index contributed by atoms with van der Waals surface area (Å²) in [5.41, 5.74) is 2.33. The topological polar surface area (TPSA) is 29.5 Å². The number of carbonyl (C=O) groups is 1. The van der Waals surface area contributed by atoms with Crippen molar-refractivity contribution >= 4 is 22.4 Å². The zero-order valence-electron chi connectivity index (χ0n) is 13.6. The second-order valence-electron chi connectivity index (χ2n) is 5.96. The van der Waals surface area contributed by atoms with Crippen LogP contribution in [0.3, 0.4) is 0 Å². The summed E-state index contributed by atoms with van der Waals surface area (Å²) in [6, 6.07) is 14.5. The van der Waals surface area contributed by atoms with Gasteiger partial charge in [-0.3, -0.25) is 4.90 Å². The monoisotopic (exact) mass is 317 g/mol. The average Bonchev–Trinajstić information content (AvgIpc) is 2.81. The minimum atomic E-state index is -0.268. The molecule has 24 heavy (non-hydrogen) atoms. The van der Waals surface area contributed by atoms with Gasteiger partial charge in [0.2, 0.25) is 0 Å². The minimum absolute atomic E-state index is 0.0713. The van der Waals surface area contributed by atoms with E-state index in [1.807, 2.05) is 31.2 Å². The molecule has 2 aliphatic heterocycles. The SMILES string of the molecule is CCOC(=O)N1C2C=CC=CC1C(c1cccc3ccccc13)=C2. The van der Waals surface area contributed by atoms with Crippen LogP contribution in [0.1, 0.15) is 12.5 Å². The molecule has 0 aromatic heterocycles. The van der Waals surface area contributed by atoms with Crippen LogP contribution in [0.5, 0.6) is 0 Å². The first-order valence-electron chi connectivity index (χ1n) is 8.29. The van der Waals surface area contributed by atoms with Crippen LogP contribution in [0.4, 0.5) is 4.79 Å². The van der Waals surface area contributed by atoms with Crippen LogP contribution in [-0.2, 0) is 4.74 Å². The van der Waals surface area contributed by atoms with Crippen LogP contribution < -0.4 is 0 Å². The Balaban J connectivity index is 1.83. The second-order valence-corrected chi connectivity index (χ2v) is 5.96. The zero-order valence-corrected chi connectivity index (χ0v) is 13.6. The molecule has 2 aromatic carbocycles. The van der Waals surface area contributed by atoms with Gasteiger partial charge < -0.3 is 4.74 Å². The molecular formula is C21H19NO2. The van der Waals surface area contributed by atoms with E-state index in [2.05, 4.69) is 48.6 Å². The number of nitrogens with zero attached hydrogens (tertiary/aromatic N) is 1. The Bertz CT molecular complexity index is 873. The first kappa shape index (κ1) is 14.8. The van der Waals surface area contributed by atoms with E-state index in [0.717, 1.165) is 5.57 Å². The van der Waals surface area contributed by atoms with Crippen LogP contribution in [-0.4, -0.2) is 29.7 Å². The molecule has 1 amide bonds. The van der Waals surface area contributed by atoms with Crippen LogP contribution in [0, 0.1) is 0 Å². The van der Waals surface area contributed by atoms with Gasteiger partial charge in [-0.2, -0.15) is 0 Å². The molecule has 0 radical (unpaired) electrons. The van der Waals surface area contributed by atoms with Gasteiger partial charge in [-0.1, -0.05) is 72.8 Å². The molecule has 0 saturated carbocycles. The Morgan fingerprint density at radius 3 is 2.75 bits per heavy atom. The number of fused-ring (bicyclic) bond motifs is 3. The van der Waals surface area contributed by atoms with Gasteiger partial charge in [0.1, 0.15) is 0 Å². The number of ether oxygens (including phenoxy) is 1. The van der Waals surface area contributed by atoms with Gasteiger partial charge in [-0.15, -0.1) is 0 Å². The molecule has 0 aliphatic carbocycles. The van der Waals surface area contributed by atoms with Crippen molar-refractivity contribution in [3.05, 3.63) is 78.4 Å². The van der Waals surface area contributed by atoms with Gasteiger partial charge in [0.25, 0.3) is 0 Å². The van der Waals surface area contributed by atoms with E-state index >= 15 is 0 Å². The third-order valence-corrected chi connectivity index (χ3v) is 4.58. The van der Waals surface area contributed by atoms with Crippen LogP contribution in [0.2, 0.25) is 0 Å². The maximum Gasteiger partial charge on any atom is 0.411 e. The predicted molar refractivity (Wildman–Crippen MR) is 96.6 cm³/mol. The van der Waals surface area contributed by atoms with Crippen LogP contribution in [0.25, 0.3) is 16.3 Å². The van der Waals surface area contributed by atoms with Gasteiger partial charge in [0, 0.05) is 0 Å². The van der Waals surface area contributed by atoms with E-state index in [9.17, 15) is 4.79 Å². The minimum Gasteiger partial charge on any atom is -0.450 e. The van der Waals surface area contributed by atoms with Gasteiger partial charge >= 0.3 is 6.09 Å². The van der Waals surface area contributed by atoms with E-state index < -0.39 is 0 Å². The van der Waals surface area contributed by atoms with Crippen LogP contribution >= 0.6 is 0 Å². The number of carbonyl (C=O) groups excluding carboxylic acids is 1. The Morgan fingerprint density at radius 2 is 1.88 bits per heavy atom. The van der Waals surface area contributed by atoms with Crippen molar-refractivity contribution in [1.29, 1.82) is 0 Å². The molecule has 2 unspecified atom stereocenters.